The van der Waals surface area contributed by atoms with E-state index in [0.29, 0.717) is 5.69 Å². The Balaban J connectivity index is 1.98. The van der Waals surface area contributed by atoms with Gasteiger partial charge in [-0.15, -0.1) is 0 Å². The normalized spacial score (nSPS) is 10.6. The minimum atomic E-state index is -2.65. The van der Waals surface area contributed by atoms with Crippen LogP contribution in [0.2, 0.25) is 0 Å². The van der Waals surface area contributed by atoms with Crippen molar-refractivity contribution >= 4 is 29.3 Å². The van der Waals surface area contributed by atoms with Crippen molar-refractivity contribution in [2.75, 3.05) is 11.9 Å². The van der Waals surface area contributed by atoms with Crippen molar-refractivity contribution in [3.8, 4) is 0 Å². The van der Waals surface area contributed by atoms with Crippen LogP contribution in [0.25, 0.3) is 0 Å². The van der Waals surface area contributed by atoms with Crippen LogP contribution < -0.4 is 5.32 Å². The molecule has 0 aliphatic rings. The second kappa shape index (κ2) is 8.62. The van der Waals surface area contributed by atoms with Crippen LogP contribution in [0.15, 0.2) is 47.4 Å². The summed E-state index contributed by atoms with van der Waals surface area (Å²) in [4.78, 5) is 24.1. The number of amides is 1. The Morgan fingerprint density at radius 3 is 2.60 bits per heavy atom. The number of anilines is 1. The van der Waals surface area contributed by atoms with Crippen LogP contribution in [-0.4, -0.2) is 24.2 Å². The Labute approximate surface area is 148 Å². The predicted molar refractivity (Wildman–Crippen MR) is 93.1 cm³/mol. The number of carbonyl (C=O) groups excluding carboxylic acids is 2. The molecule has 0 fully saturated rings. The summed E-state index contributed by atoms with van der Waals surface area (Å²) in [6, 6.07) is 11.5. The Morgan fingerprint density at radius 1 is 1.16 bits per heavy atom. The zero-order chi connectivity index (χ0) is 18.4. The summed E-state index contributed by atoms with van der Waals surface area (Å²) in [7, 11) is 0. The molecule has 0 unspecified atom stereocenters. The molecule has 7 heteroatoms. The Morgan fingerprint density at radius 2 is 1.88 bits per heavy atom. The molecule has 0 radical (unpaired) electrons. The molecule has 0 bridgehead atoms. The van der Waals surface area contributed by atoms with Gasteiger partial charge in [0.15, 0.2) is 6.61 Å². The van der Waals surface area contributed by atoms with Crippen molar-refractivity contribution in [1.82, 2.24) is 0 Å². The maximum Gasteiger partial charge on any atom is 0.339 e. The molecule has 0 aliphatic carbocycles. The summed E-state index contributed by atoms with van der Waals surface area (Å²) in [6.45, 7) is 3.24. The van der Waals surface area contributed by atoms with Crippen LogP contribution in [0, 0.1) is 13.8 Å². The van der Waals surface area contributed by atoms with Crippen LogP contribution >= 0.6 is 11.8 Å². The summed E-state index contributed by atoms with van der Waals surface area (Å²) in [5, 5.41) is 2.66. The van der Waals surface area contributed by atoms with Gasteiger partial charge in [0.1, 0.15) is 0 Å². The highest BCUT2D eigenvalue weighted by Gasteiger charge is 2.17. The van der Waals surface area contributed by atoms with E-state index in [9.17, 15) is 18.4 Å². The highest BCUT2D eigenvalue weighted by atomic mass is 32.2. The first-order chi connectivity index (χ1) is 11.9. The van der Waals surface area contributed by atoms with E-state index in [1.807, 2.05) is 32.0 Å². The smallest absolute Gasteiger partial charge is 0.339 e. The van der Waals surface area contributed by atoms with Crippen molar-refractivity contribution in [2.24, 2.45) is 0 Å². The topological polar surface area (TPSA) is 55.4 Å². The van der Waals surface area contributed by atoms with E-state index in [2.05, 4.69) is 5.32 Å². The van der Waals surface area contributed by atoms with E-state index in [-0.39, 0.29) is 22.2 Å². The third-order valence-corrected chi connectivity index (χ3v) is 4.11. The van der Waals surface area contributed by atoms with Gasteiger partial charge in [-0.2, -0.15) is 8.78 Å². The molecular weight excluding hydrogens is 348 g/mol. The van der Waals surface area contributed by atoms with Gasteiger partial charge in [-0.3, -0.25) is 4.79 Å². The number of hydrogen-bond donors (Lipinski definition) is 1. The molecule has 2 aromatic carbocycles. The Kier molecular flexibility index (Phi) is 6.52. The quantitative estimate of drug-likeness (QED) is 0.608. The molecule has 0 saturated carbocycles. The van der Waals surface area contributed by atoms with E-state index < -0.39 is 24.2 Å². The summed E-state index contributed by atoms with van der Waals surface area (Å²) >= 11 is 0.259. The lowest BCUT2D eigenvalue weighted by Crippen LogP contribution is -2.21. The van der Waals surface area contributed by atoms with E-state index in [0.717, 1.165) is 11.1 Å². The van der Waals surface area contributed by atoms with Crippen molar-refractivity contribution in [3.05, 3.63) is 59.2 Å². The second-order valence-corrected chi connectivity index (χ2v) is 6.35. The molecule has 132 valence electrons. The molecule has 2 aromatic rings. The number of aryl methyl sites for hydroxylation is 2. The lowest BCUT2D eigenvalue weighted by atomic mass is 10.1. The number of rotatable bonds is 6. The number of nitrogens with one attached hydrogen (secondary N) is 1. The Hall–Kier alpha value is -2.41. The molecular formula is C18H17F2NO3S. The fourth-order valence-electron chi connectivity index (χ4n) is 2.10. The van der Waals surface area contributed by atoms with Crippen molar-refractivity contribution in [1.29, 1.82) is 0 Å². The largest absolute Gasteiger partial charge is 0.452 e. The van der Waals surface area contributed by atoms with Crippen LogP contribution in [0.3, 0.4) is 0 Å². The molecule has 0 saturated heterocycles. The number of ether oxygens (including phenoxy) is 1. The summed E-state index contributed by atoms with van der Waals surface area (Å²) in [5.41, 5.74) is 2.50. The van der Waals surface area contributed by atoms with Crippen LogP contribution in [-0.2, 0) is 9.53 Å². The summed E-state index contributed by atoms with van der Waals surface area (Å²) in [5.74, 6) is -3.97. The molecule has 4 nitrogen and oxygen atoms in total. The molecule has 0 heterocycles. The SMILES string of the molecule is Cc1ccc(C)c(NC(=O)COC(=O)c2ccccc2SC(F)F)c1. The third kappa shape index (κ3) is 5.56. The second-order valence-electron chi connectivity index (χ2n) is 5.32. The number of thioether (sulfide) groups is 1. The zero-order valence-electron chi connectivity index (χ0n) is 13.7. The van der Waals surface area contributed by atoms with Gasteiger partial charge < -0.3 is 10.1 Å². The standard InChI is InChI=1S/C18H17F2NO3S/c1-11-7-8-12(2)14(9-11)21-16(22)10-24-17(23)13-5-3-4-6-15(13)25-18(19)20/h3-9,18H,10H2,1-2H3,(H,21,22). The first-order valence-corrected chi connectivity index (χ1v) is 8.33. The lowest BCUT2D eigenvalue weighted by Gasteiger charge is -2.11. The van der Waals surface area contributed by atoms with Gasteiger partial charge in [0.05, 0.1) is 5.56 Å². The summed E-state index contributed by atoms with van der Waals surface area (Å²) in [6.07, 6.45) is 0. The average Bonchev–Trinajstić information content (AvgIpc) is 2.56. The molecule has 25 heavy (non-hydrogen) atoms. The molecule has 1 N–H and O–H groups in total. The van der Waals surface area contributed by atoms with Gasteiger partial charge in [0.2, 0.25) is 0 Å². The van der Waals surface area contributed by atoms with Gasteiger partial charge >= 0.3 is 5.97 Å². The maximum atomic E-state index is 12.5. The number of carbonyl (C=O) groups is 2. The number of alkyl halides is 2. The molecule has 0 atom stereocenters. The van der Waals surface area contributed by atoms with Crippen LogP contribution in [0.4, 0.5) is 14.5 Å². The molecule has 1 amide bonds. The number of esters is 1. The molecule has 0 aromatic heterocycles. The van der Waals surface area contributed by atoms with Gasteiger partial charge in [-0.25, -0.2) is 4.79 Å². The third-order valence-electron chi connectivity index (χ3n) is 3.32. The maximum absolute atomic E-state index is 12.5. The van der Waals surface area contributed by atoms with Gasteiger partial charge in [0, 0.05) is 10.6 Å². The Bertz CT molecular complexity index is 781. The monoisotopic (exact) mass is 365 g/mol. The van der Waals surface area contributed by atoms with E-state index in [1.54, 1.807) is 12.1 Å². The van der Waals surface area contributed by atoms with E-state index in [4.69, 9.17) is 4.74 Å². The van der Waals surface area contributed by atoms with Gasteiger partial charge in [-0.1, -0.05) is 36.0 Å². The minimum Gasteiger partial charge on any atom is -0.452 e. The fourth-order valence-corrected chi connectivity index (χ4v) is 2.73. The van der Waals surface area contributed by atoms with Gasteiger partial charge in [0.25, 0.3) is 11.7 Å². The lowest BCUT2D eigenvalue weighted by molar-refractivity contribution is -0.119. The fraction of sp³-hybridized carbons (Fsp3) is 0.222. The first kappa shape index (κ1) is 18.9. The molecule has 0 aliphatic heterocycles. The number of benzene rings is 2. The highest BCUT2D eigenvalue weighted by molar-refractivity contribution is 7.99. The first-order valence-electron chi connectivity index (χ1n) is 7.45. The summed E-state index contributed by atoms with van der Waals surface area (Å²) < 4.78 is 30.0. The van der Waals surface area contributed by atoms with Crippen LogP contribution in [0.1, 0.15) is 21.5 Å². The van der Waals surface area contributed by atoms with Crippen LogP contribution in [0.5, 0.6) is 0 Å². The van der Waals surface area contributed by atoms with Crippen molar-refractivity contribution in [3.63, 3.8) is 0 Å². The highest BCUT2D eigenvalue weighted by Crippen LogP contribution is 2.28. The molecule has 0 spiro atoms. The average molecular weight is 365 g/mol. The zero-order valence-corrected chi connectivity index (χ0v) is 14.5. The van der Waals surface area contributed by atoms with E-state index in [1.165, 1.54) is 12.1 Å². The van der Waals surface area contributed by atoms with Crippen molar-refractivity contribution < 1.29 is 23.1 Å². The molecule has 2 rings (SSSR count). The van der Waals surface area contributed by atoms with Crippen molar-refractivity contribution in [2.45, 2.75) is 24.5 Å². The van der Waals surface area contributed by atoms with E-state index >= 15 is 0 Å². The predicted octanol–water partition coefficient (Wildman–Crippen LogP) is 4.41. The van der Waals surface area contributed by atoms with Gasteiger partial charge in [-0.05, 0) is 43.2 Å². The number of hydrogen-bond acceptors (Lipinski definition) is 4. The number of halogens is 2. The minimum absolute atomic E-state index is 0.00679.